The molecule has 1 aromatic rings. The molecule has 2 saturated heterocycles. The Labute approximate surface area is 149 Å². The van der Waals surface area contributed by atoms with Crippen molar-refractivity contribution in [3.63, 3.8) is 0 Å². The smallest absolute Gasteiger partial charge is 0.245 e. The molecular weight excluding hydrogens is 318 g/mol. The van der Waals surface area contributed by atoms with Gasteiger partial charge < -0.3 is 15.0 Å². The number of hydrogen-bond donors (Lipinski definition) is 1. The van der Waals surface area contributed by atoms with Gasteiger partial charge in [-0.05, 0) is 18.4 Å². The first-order valence-electron chi connectivity index (χ1n) is 8.94. The van der Waals surface area contributed by atoms with E-state index >= 15 is 0 Å². The normalized spacial score (nSPS) is 24.2. The topological polar surface area (TPSA) is 61.9 Å². The van der Waals surface area contributed by atoms with Gasteiger partial charge in [-0.15, -0.1) is 0 Å². The molecule has 6 heteroatoms. The fraction of sp³-hybridized carbons (Fsp3) is 0.579. The fourth-order valence-corrected chi connectivity index (χ4v) is 3.71. The Kier molecular flexibility index (Phi) is 5.27. The zero-order valence-electron chi connectivity index (χ0n) is 15.2. The Morgan fingerprint density at radius 2 is 2.00 bits per heavy atom. The van der Waals surface area contributed by atoms with E-state index in [2.05, 4.69) is 24.1 Å². The Morgan fingerprint density at radius 3 is 2.72 bits per heavy atom. The quantitative estimate of drug-likeness (QED) is 0.873. The average Bonchev–Trinajstić information content (AvgIpc) is 2.59. The molecule has 136 valence electrons. The highest BCUT2D eigenvalue weighted by atomic mass is 16.5. The van der Waals surface area contributed by atoms with Gasteiger partial charge in [-0.3, -0.25) is 14.5 Å². The van der Waals surface area contributed by atoms with E-state index in [0.717, 1.165) is 17.9 Å². The molecule has 0 radical (unpaired) electrons. The number of amides is 2. The van der Waals surface area contributed by atoms with Crippen molar-refractivity contribution in [3.05, 3.63) is 29.8 Å². The molecule has 0 spiro atoms. The fourth-order valence-electron chi connectivity index (χ4n) is 3.71. The Hall–Kier alpha value is -2.08. The van der Waals surface area contributed by atoms with Crippen LogP contribution in [0.2, 0.25) is 0 Å². The highest BCUT2D eigenvalue weighted by molar-refractivity contribution is 5.97. The SMILES string of the molecule is COc1ccccc1CN1CCN2C(=O)[C@@H](CC(C)C)NC(=O)[C@H]2C1. The van der Waals surface area contributed by atoms with Crippen LogP contribution in [0.5, 0.6) is 5.75 Å². The summed E-state index contributed by atoms with van der Waals surface area (Å²) < 4.78 is 5.41. The average molecular weight is 345 g/mol. The number of carbonyl (C=O) groups excluding carboxylic acids is 2. The number of piperazine rings is 2. The van der Waals surface area contributed by atoms with Gasteiger partial charge in [0.25, 0.3) is 0 Å². The van der Waals surface area contributed by atoms with Crippen molar-refractivity contribution < 1.29 is 14.3 Å². The third-order valence-electron chi connectivity index (χ3n) is 4.96. The summed E-state index contributed by atoms with van der Waals surface area (Å²) in [5, 5.41) is 2.92. The van der Waals surface area contributed by atoms with Crippen molar-refractivity contribution in [2.75, 3.05) is 26.7 Å². The lowest BCUT2D eigenvalue weighted by atomic mass is 9.97. The number of nitrogens with one attached hydrogen (secondary N) is 1. The van der Waals surface area contributed by atoms with Crippen LogP contribution in [0.25, 0.3) is 0 Å². The van der Waals surface area contributed by atoms with E-state index < -0.39 is 0 Å². The molecule has 2 amide bonds. The number of nitrogens with zero attached hydrogens (tertiary/aromatic N) is 2. The molecule has 2 aliphatic rings. The maximum atomic E-state index is 12.7. The summed E-state index contributed by atoms with van der Waals surface area (Å²) in [5.74, 6) is 1.26. The third-order valence-corrected chi connectivity index (χ3v) is 4.96. The number of para-hydroxylation sites is 1. The number of ether oxygens (including phenoxy) is 1. The van der Waals surface area contributed by atoms with E-state index in [-0.39, 0.29) is 23.9 Å². The summed E-state index contributed by atoms with van der Waals surface area (Å²) in [4.78, 5) is 29.2. The van der Waals surface area contributed by atoms with Gasteiger partial charge in [0.05, 0.1) is 7.11 Å². The first-order valence-corrected chi connectivity index (χ1v) is 8.94. The lowest BCUT2D eigenvalue weighted by Crippen LogP contribution is -2.69. The maximum Gasteiger partial charge on any atom is 0.245 e. The second-order valence-corrected chi connectivity index (χ2v) is 7.29. The van der Waals surface area contributed by atoms with Crippen LogP contribution in [-0.2, 0) is 16.1 Å². The molecule has 3 rings (SSSR count). The van der Waals surface area contributed by atoms with Crippen LogP contribution in [0.1, 0.15) is 25.8 Å². The monoisotopic (exact) mass is 345 g/mol. The van der Waals surface area contributed by atoms with Gasteiger partial charge in [0.2, 0.25) is 11.8 Å². The lowest BCUT2D eigenvalue weighted by molar-refractivity contribution is -0.153. The summed E-state index contributed by atoms with van der Waals surface area (Å²) in [6, 6.07) is 7.16. The third kappa shape index (κ3) is 3.79. The second kappa shape index (κ2) is 7.44. The van der Waals surface area contributed by atoms with Crippen molar-refractivity contribution >= 4 is 11.8 Å². The zero-order valence-corrected chi connectivity index (χ0v) is 15.2. The minimum absolute atomic E-state index is 0.0324. The highest BCUT2D eigenvalue weighted by Crippen LogP contribution is 2.23. The van der Waals surface area contributed by atoms with Crippen LogP contribution in [0.4, 0.5) is 0 Å². The van der Waals surface area contributed by atoms with E-state index in [9.17, 15) is 9.59 Å². The molecule has 0 unspecified atom stereocenters. The number of hydrogen-bond acceptors (Lipinski definition) is 4. The van der Waals surface area contributed by atoms with Crippen LogP contribution >= 0.6 is 0 Å². The van der Waals surface area contributed by atoms with Crippen molar-refractivity contribution in [2.45, 2.75) is 38.9 Å². The molecule has 0 saturated carbocycles. The maximum absolute atomic E-state index is 12.7. The Balaban J connectivity index is 1.68. The largest absolute Gasteiger partial charge is 0.496 e. The molecule has 0 aromatic heterocycles. The van der Waals surface area contributed by atoms with Crippen LogP contribution in [0.3, 0.4) is 0 Å². The van der Waals surface area contributed by atoms with E-state index in [1.807, 2.05) is 24.3 Å². The second-order valence-electron chi connectivity index (χ2n) is 7.29. The molecule has 25 heavy (non-hydrogen) atoms. The molecule has 2 heterocycles. The molecule has 2 atom stereocenters. The van der Waals surface area contributed by atoms with Crippen molar-refractivity contribution in [2.24, 2.45) is 5.92 Å². The van der Waals surface area contributed by atoms with Crippen LogP contribution in [0, 0.1) is 5.92 Å². The first kappa shape index (κ1) is 17.7. The first-order chi connectivity index (χ1) is 12.0. The highest BCUT2D eigenvalue weighted by Gasteiger charge is 2.43. The van der Waals surface area contributed by atoms with E-state index in [1.54, 1.807) is 12.0 Å². The van der Waals surface area contributed by atoms with Gasteiger partial charge in [-0.2, -0.15) is 0 Å². The number of carbonyl (C=O) groups is 2. The molecule has 2 aliphatic heterocycles. The summed E-state index contributed by atoms with van der Waals surface area (Å²) in [6.07, 6.45) is 0.693. The Morgan fingerprint density at radius 1 is 1.24 bits per heavy atom. The predicted molar refractivity (Wildman–Crippen MR) is 95.2 cm³/mol. The molecule has 2 fully saturated rings. The van der Waals surface area contributed by atoms with Crippen molar-refractivity contribution in [1.29, 1.82) is 0 Å². The number of benzene rings is 1. The van der Waals surface area contributed by atoms with Crippen molar-refractivity contribution in [1.82, 2.24) is 15.1 Å². The Bertz CT molecular complexity index is 647. The lowest BCUT2D eigenvalue weighted by Gasteiger charge is -2.45. The summed E-state index contributed by atoms with van der Waals surface area (Å²) >= 11 is 0. The minimum atomic E-state index is -0.389. The van der Waals surface area contributed by atoms with Gasteiger partial charge in [-0.1, -0.05) is 32.0 Å². The molecule has 0 bridgehead atoms. The molecule has 0 aliphatic carbocycles. The standard InChI is InChI=1S/C19H27N3O3/c1-13(2)10-15-19(24)22-9-8-21(12-16(22)18(23)20-15)11-14-6-4-5-7-17(14)25-3/h4-7,13,15-16H,8-12H2,1-3H3,(H,20,23)/t15-,16-/m1/s1. The van der Waals surface area contributed by atoms with Crippen molar-refractivity contribution in [3.8, 4) is 5.75 Å². The van der Waals surface area contributed by atoms with Crippen LogP contribution in [-0.4, -0.2) is 60.4 Å². The van der Waals surface area contributed by atoms with Gasteiger partial charge in [0.1, 0.15) is 17.8 Å². The van der Waals surface area contributed by atoms with E-state index in [0.29, 0.717) is 32.0 Å². The van der Waals surface area contributed by atoms with Gasteiger partial charge in [-0.25, -0.2) is 0 Å². The van der Waals surface area contributed by atoms with E-state index in [4.69, 9.17) is 4.74 Å². The predicted octanol–water partition coefficient (Wildman–Crippen LogP) is 1.25. The zero-order chi connectivity index (χ0) is 18.0. The van der Waals surface area contributed by atoms with Gasteiger partial charge >= 0.3 is 0 Å². The van der Waals surface area contributed by atoms with Gasteiger partial charge in [0.15, 0.2) is 0 Å². The molecule has 6 nitrogen and oxygen atoms in total. The van der Waals surface area contributed by atoms with E-state index in [1.165, 1.54) is 0 Å². The summed E-state index contributed by atoms with van der Waals surface area (Å²) in [5.41, 5.74) is 1.10. The minimum Gasteiger partial charge on any atom is -0.496 e. The molecule has 1 aromatic carbocycles. The number of rotatable bonds is 5. The number of methoxy groups -OCH3 is 1. The molecular formula is C19H27N3O3. The number of fused-ring (bicyclic) bond motifs is 1. The van der Waals surface area contributed by atoms with Gasteiger partial charge in [0, 0.05) is 31.7 Å². The summed E-state index contributed by atoms with van der Waals surface area (Å²) in [6.45, 7) is 6.77. The van der Waals surface area contributed by atoms with Crippen LogP contribution < -0.4 is 10.1 Å². The molecule has 1 N–H and O–H groups in total. The summed E-state index contributed by atoms with van der Waals surface area (Å²) in [7, 11) is 1.67. The van der Waals surface area contributed by atoms with Crippen LogP contribution in [0.15, 0.2) is 24.3 Å².